The van der Waals surface area contributed by atoms with Crippen LogP contribution in [0.2, 0.25) is 0 Å². The Morgan fingerprint density at radius 3 is 2.48 bits per heavy atom. The summed E-state index contributed by atoms with van der Waals surface area (Å²) in [4.78, 5) is 4.14. The van der Waals surface area contributed by atoms with E-state index in [4.69, 9.17) is 4.74 Å². The number of aryl methyl sites for hydroxylation is 1. The van der Waals surface area contributed by atoms with Crippen molar-refractivity contribution in [3.05, 3.63) is 29.3 Å². The van der Waals surface area contributed by atoms with E-state index in [2.05, 4.69) is 15.6 Å². The maximum Gasteiger partial charge on any atom is 0.511 e. The van der Waals surface area contributed by atoms with Gasteiger partial charge in [-0.05, 0) is 42.9 Å². The van der Waals surface area contributed by atoms with Crippen LogP contribution in [0.3, 0.4) is 0 Å². The third kappa shape index (κ3) is 5.99. The minimum absolute atomic E-state index is 0.0627. The molecule has 1 aliphatic heterocycles. The number of guanidine groups is 1. The first-order valence-electron chi connectivity index (χ1n) is 9.23. The lowest BCUT2D eigenvalue weighted by atomic mass is 9.98. The van der Waals surface area contributed by atoms with Crippen LogP contribution < -0.4 is 15.4 Å². The Labute approximate surface area is 169 Å². The number of aliphatic imine (C=N–C) groups is 1. The molecule has 2 rings (SSSR count). The second-order valence-electron chi connectivity index (χ2n) is 6.90. The highest BCUT2D eigenvalue weighted by Gasteiger charge is 2.50. The highest BCUT2D eigenvalue weighted by Crippen LogP contribution is 2.30. The highest BCUT2D eigenvalue weighted by molar-refractivity contribution is 7.90. The first-order chi connectivity index (χ1) is 13.6. The number of hydrogen-bond acceptors (Lipinski definition) is 4. The van der Waals surface area contributed by atoms with Crippen molar-refractivity contribution >= 4 is 16.0 Å². The number of hydrogen-bond donors (Lipinski definition) is 2. The molecule has 2 N–H and O–H groups in total. The molecule has 0 bridgehead atoms. The first kappa shape index (κ1) is 23.3. The monoisotopic (exact) mass is 436 g/mol. The number of halogens is 3. The van der Waals surface area contributed by atoms with E-state index in [9.17, 15) is 21.6 Å². The Hall–Kier alpha value is -2.01. The first-order valence-corrected chi connectivity index (χ1v) is 10.7. The van der Waals surface area contributed by atoms with Gasteiger partial charge in [0.15, 0.2) is 5.96 Å². The van der Waals surface area contributed by atoms with Crippen molar-refractivity contribution in [2.75, 3.05) is 33.8 Å². The molecule has 1 aromatic carbocycles. The van der Waals surface area contributed by atoms with Gasteiger partial charge in [-0.2, -0.15) is 17.5 Å². The maximum absolute atomic E-state index is 12.6. The Morgan fingerprint density at radius 2 is 1.93 bits per heavy atom. The van der Waals surface area contributed by atoms with Crippen molar-refractivity contribution in [1.82, 2.24) is 14.9 Å². The fraction of sp³-hybridized carbons (Fsp3) is 0.611. The number of benzene rings is 1. The molecule has 0 unspecified atom stereocenters. The second kappa shape index (κ2) is 9.66. The van der Waals surface area contributed by atoms with Crippen LogP contribution in [0.4, 0.5) is 13.2 Å². The van der Waals surface area contributed by atoms with Crippen molar-refractivity contribution in [3.8, 4) is 5.75 Å². The summed E-state index contributed by atoms with van der Waals surface area (Å²) >= 11 is 0. The summed E-state index contributed by atoms with van der Waals surface area (Å²) in [6, 6.07) is 5.89. The molecule has 1 aliphatic rings. The number of piperidine rings is 1. The standard InChI is InChI=1S/C18H27F3N4O3S/c1-13-4-5-15(10-16(13)28-3)12-24-17(22-2)23-11-14-6-8-25(9-7-14)29(26,27)18(19,20)21/h4-5,10,14H,6-9,11-12H2,1-3H3,(H2,22,23,24). The van der Waals surface area contributed by atoms with Gasteiger partial charge in [0.1, 0.15) is 5.75 Å². The lowest BCUT2D eigenvalue weighted by Crippen LogP contribution is -2.47. The average molecular weight is 437 g/mol. The van der Waals surface area contributed by atoms with Crippen LogP contribution in [0.1, 0.15) is 24.0 Å². The number of nitrogens with one attached hydrogen (secondary N) is 2. The number of ether oxygens (including phenoxy) is 1. The van der Waals surface area contributed by atoms with Gasteiger partial charge in [-0.15, -0.1) is 0 Å². The summed E-state index contributed by atoms with van der Waals surface area (Å²) < 4.78 is 66.7. The molecule has 1 fully saturated rings. The minimum Gasteiger partial charge on any atom is -0.496 e. The van der Waals surface area contributed by atoms with E-state index in [1.54, 1.807) is 14.2 Å². The van der Waals surface area contributed by atoms with Gasteiger partial charge in [0, 0.05) is 33.2 Å². The van der Waals surface area contributed by atoms with E-state index in [1.165, 1.54) is 0 Å². The molecule has 0 aliphatic carbocycles. The van der Waals surface area contributed by atoms with Crippen LogP contribution in [-0.4, -0.2) is 58.0 Å². The predicted octanol–water partition coefficient (Wildman–Crippen LogP) is 2.23. The molecule has 29 heavy (non-hydrogen) atoms. The molecule has 0 aromatic heterocycles. The van der Waals surface area contributed by atoms with Gasteiger partial charge in [-0.3, -0.25) is 4.99 Å². The van der Waals surface area contributed by atoms with Gasteiger partial charge in [-0.1, -0.05) is 12.1 Å². The van der Waals surface area contributed by atoms with Crippen molar-refractivity contribution in [1.29, 1.82) is 0 Å². The van der Waals surface area contributed by atoms with Crippen LogP contribution in [0.15, 0.2) is 23.2 Å². The largest absolute Gasteiger partial charge is 0.511 e. The molecular formula is C18H27F3N4O3S. The smallest absolute Gasteiger partial charge is 0.496 e. The van der Waals surface area contributed by atoms with Gasteiger partial charge in [0.2, 0.25) is 0 Å². The predicted molar refractivity (Wildman–Crippen MR) is 105 cm³/mol. The fourth-order valence-corrected chi connectivity index (χ4v) is 4.11. The van der Waals surface area contributed by atoms with Gasteiger partial charge in [-0.25, -0.2) is 8.42 Å². The van der Waals surface area contributed by atoms with Gasteiger partial charge >= 0.3 is 15.5 Å². The van der Waals surface area contributed by atoms with Crippen molar-refractivity contribution in [2.45, 2.75) is 31.8 Å². The minimum atomic E-state index is -5.25. The highest BCUT2D eigenvalue weighted by atomic mass is 32.2. The van der Waals surface area contributed by atoms with E-state index in [0.29, 0.717) is 36.2 Å². The molecule has 0 spiro atoms. The zero-order chi connectivity index (χ0) is 21.7. The molecule has 1 aromatic rings. The molecule has 0 radical (unpaired) electrons. The fourth-order valence-electron chi connectivity index (χ4n) is 3.12. The Morgan fingerprint density at radius 1 is 1.28 bits per heavy atom. The molecular weight excluding hydrogens is 409 g/mol. The van der Waals surface area contributed by atoms with Crippen LogP contribution in [0.25, 0.3) is 0 Å². The van der Waals surface area contributed by atoms with E-state index in [1.807, 2.05) is 25.1 Å². The zero-order valence-electron chi connectivity index (χ0n) is 16.7. The lowest BCUT2D eigenvalue weighted by molar-refractivity contribution is -0.0496. The molecule has 1 saturated heterocycles. The summed E-state index contributed by atoms with van der Waals surface area (Å²) in [5.41, 5.74) is -3.19. The lowest BCUT2D eigenvalue weighted by Gasteiger charge is -2.31. The Balaban J connectivity index is 1.81. The van der Waals surface area contributed by atoms with E-state index >= 15 is 0 Å². The van der Waals surface area contributed by atoms with E-state index < -0.39 is 15.5 Å². The van der Waals surface area contributed by atoms with Crippen molar-refractivity contribution < 1.29 is 26.3 Å². The van der Waals surface area contributed by atoms with Crippen LogP contribution in [0.5, 0.6) is 5.75 Å². The third-order valence-electron chi connectivity index (χ3n) is 4.92. The normalized spacial score (nSPS) is 17.2. The SMILES string of the molecule is CN=C(NCc1ccc(C)c(OC)c1)NCC1CCN(S(=O)(=O)C(F)(F)F)CC1. The van der Waals surface area contributed by atoms with Gasteiger partial charge < -0.3 is 15.4 Å². The van der Waals surface area contributed by atoms with E-state index in [0.717, 1.165) is 16.9 Å². The molecule has 0 atom stereocenters. The van der Waals surface area contributed by atoms with Crippen molar-refractivity contribution in [3.63, 3.8) is 0 Å². The molecule has 1 heterocycles. The topological polar surface area (TPSA) is 83.0 Å². The average Bonchev–Trinajstić information content (AvgIpc) is 2.68. The van der Waals surface area contributed by atoms with Crippen LogP contribution >= 0.6 is 0 Å². The number of methoxy groups -OCH3 is 1. The van der Waals surface area contributed by atoms with Crippen LogP contribution in [0, 0.1) is 12.8 Å². The Bertz CT molecular complexity index is 820. The van der Waals surface area contributed by atoms with Gasteiger partial charge in [0.25, 0.3) is 0 Å². The quantitative estimate of drug-likeness (QED) is 0.528. The molecule has 0 saturated carbocycles. The van der Waals surface area contributed by atoms with Crippen molar-refractivity contribution in [2.24, 2.45) is 10.9 Å². The molecule has 0 amide bonds. The number of alkyl halides is 3. The maximum atomic E-state index is 12.6. The summed E-state index contributed by atoms with van der Waals surface area (Å²) in [5.74, 6) is 1.43. The summed E-state index contributed by atoms with van der Waals surface area (Å²) in [6.45, 7) is 2.71. The zero-order valence-corrected chi connectivity index (χ0v) is 17.5. The number of sulfonamides is 1. The number of nitrogens with zero attached hydrogens (tertiary/aromatic N) is 2. The second-order valence-corrected chi connectivity index (χ2v) is 8.83. The molecule has 164 valence electrons. The summed E-state index contributed by atoms with van der Waals surface area (Å²) in [6.07, 6.45) is 0.711. The molecule has 11 heteroatoms. The molecule has 7 nitrogen and oxygen atoms in total. The number of rotatable bonds is 6. The van der Waals surface area contributed by atoms with E-state index in [-0.39, 0.29) is 19.0 Å². The Kier molecular flexibility index (Phi) is 7.75. The summed E-state index contributed by atoms with van der Waals surface area (Å²) in [7, 11) is -2.00. The van der Waals surface area contributed by atoms with Crippen LogP contribution in [-0.2, 0) is 16.6 Å². The summed E-state index contributed by atoms with van der Waals surface area (Å²) in [5, 5.41) is 6.33. The van der Waals surface area contributed by atoms with Gasteiger partial charge in [0.05, 0.1) is 7.11 Å². The third-order valence-corrected chi connectivity index (χ3v) is 6.55.